The number of rotatable bonds is 3. The number of nitrogens with zero attached hydrogens (tertiary/aromatic N) is 1. The summed E-state index contributed by atoms with van der Waals surface area (Å²) in [6, 6.07) is 0.481. The number of aliphatic carboxylic acids is 1. The maximum atomic E-state index is 12.7. The Hall–Kier alpha value is -1.66. The van der Waals surface area contributed by atoms with Crippen LogP contribution in [0.4, 0.5) is 17.6 Å². The molecule has 1 heterocycles. The Morgan fingerprint density at radius 2 is 2.07 bits per heavy atom. The van der Waals surface area contributed by atoms with Gasteiger partial charge in [-0.25, -0.2) is 22.5 Å². The van der Waals surface area contributed by atoms with Gasteiger partial charge in [-0.1, -0.05) is 0 Å². The van der Waals surface area contributed by atoms with E-state index in [1.165, 1.54) is 0 Å². The van der Waals surface area contributed by atoms with E-state index >= 15 is 0 Å². The molecule has 0 atom stereocenters. The van der Waals surface area contributed by atoms with Crippen molar-refractivity contribution in [2.45, 2.75) is 12.8 Å². The second-order valence-corrected chi connectivity index (χ2v) is 2.67. The SMILES string of the molecule is O=C(O)Cc1cc(F)c(F)c(C(F)F)n1. The van der Waals surface area contributed by atoms with Gasteiger partial charge in [-0.2, -0.15) is 0 Å². The van der Waals surface area contributed by atoms with Crippen molar-refractivity contribution < 1.29 is 27.5 Å². The minimum atomic E-state index is -3.28. The molecule has 0 radical (unpaired) electrons. The molecule has 0 aliphatic carbocycles. The van der Waals surface area contributed by atoms with Gasteiger partial charge in [0, 0.05) is 0 Å². The summed E-state index contributed by atoms with van der Waals surface area (Å²) in [5.74, 6) is -4.65. The molecule has 0 fully saturated rings. The number of halogens is 4. The summed E-state index contributed by atoms with van der Waals surface area (Å²) in [5, 5.41) is 8.31. The first-order valence-electron chi connectivity index (χ1n) is 3.76. The maximum Gasteiger partial charge on any atom is 0.309 e. The molecule has 1 aromatic heterocycles. The quantitative estimate of drug-likeness (QED) is 0.796. The number of carboxylic acids is 1. The topological polar surface area (TPSA) is 50.2 Å². The van der Waals surface area contributed by atoms with Crippen LogP contribution in [0.3, 0.4) is 0 Å². The first-order chi connectivity index (χ1) is 6.91. The molecule has 0 unspecified atom stereocenters. The Morgan fingerprint density at radius 3 is 2.53 bits per heavy atom. The zero-order valence-corrected chi connectivity index (χ0v) is 7.18. The third kappa shape index (κ3) is 2.64. The standard InChI is InChI=1S/C8H5F4NO2/c9-4-1-3(2-5(14)15)13-7(6(4)10)8(11)12/h1,8H,2H2,(H,14,15). The molecule has 82 valence electrons. The van der Waals surface area contributed by atoms with E-state index in [0.29, 0.717) is 6.07 Å². The van der Waals surface area contributed by atoms with Crippen LogP contribution in [0.15, 0.2) is 6.07 Å². The highest BCUT2D eigenvalue weighted by Crippen LogP contribution is 2.22. The predicted octanol–water partition coefficient (Wildman–Crippen LogP) is 1.92. The number of alkyl halides is 2. The van der Waals surface area contributed by atoms with E-state index in [2.05, 4.69) is 4.98 Å². The lowest BCUT2D eigenvalue weighted by molar-refractivity contribution is -0.136. The normalized spacial score (nSPS) is 10.7. The van der Waals surface area contributed by atoms with Crippen LogP contribution in [-0.2, 0) is 11.2 Å². The van der Waals surface area contributed by atoms with Crippen LogP contribution in [-0.4, -0.2) is 16.1 Å². The van der Waals surface area contributed by atoms with E-state index in [1.807, 2.05) is 0 Å². The highest BCUT2D eigenvalue weighted by Gasteiger charge is 2.20. The number of carboxylic acid groups (broad SMARTS) is 1. The summed E-state index contributed by atoms with van der Waals surface area (Å²) in [6.45, 7) is 0. The molecule has 0 spiro atoms. The smallest absolute Gasteiger partial charge is 0.309 e. The van der Waals surface area contributed by atoms with Crippen molar-refractivity contribution in [3.05, 3.63) is 29.1 Å². The summed E-state index contributed by atoms with van der Waals surface area (Å²) >= 11 is 0. The summed E-state index contributed by atoms with van der Waals surface area (Å²) in [6.07, 6.45) is -4.02. The Morgan fingerprint density at radius 1 is 1.47 bits per heavy atom. The zero-order chi connectivity index (χ0) is 11.6. The first kappa shape index (κ1) is 11.4. The van der Waals surface area contributed by atoms with Crippen LogP contribution >= 0.6 is 0 Å². The van der Waals surface area contributed by atoms with Gasteiger partial charge in [0.2, 0.25) is 0 Å². The largest absolute Gasteiger partial charge is 0.481 e. The molecule has 0 saturated carbocycles. The van der Waals surface area contributed by atoms with Crippen LogP contribution < -0.4 is 0 Å². The molecular formula is C8H5F4NO2. The van der Waals surface area contributed by atoms with E-state index in [4.69, 9.17) is 5.11 Å². The van der Waals surface area contributed by atoms with E-state index in [1.54, 1.807) is 0 Å². The lowest BCUT2D eigenvalue weighted by atomic mass is 10.2. The fraction of sp³-hybridized carbons (Fsp3) is 0.250. The van der Waals surface area contributed by atoms with Crippen LogP contribution in [0.25, 0.3) is 0 Å². The summed E-state index contributed by atoms with van der Waals surface area (Å²) in [7, 11) is 0. The van der Waals surface area contributed by atoms with Crippen molar-refractivity contribution in [3.8, 4) is 0 Å². The van der Waals surface area contributed by atoms with Crippen molar-refractivity contribution >= 4 is 5.97 Å². The lowest BCUT2D eigenvalue weighted by Crippen LogP contribution is -2.08. The van der Waals surface area contributed by atoms with Gasteiger partial charge < -0.3 is 5.11 Å². The second kappa shape index (κ2) is 4.24. The average molecular weight is 223 g/mol. The molecule has 0 amide bonds. The van der Waals surface area contributed by atoms with E-state index < -0.39 is 41.8 Å². The van der Waals surface area contributed by atoms with Crippen molar-refractivity contribution in [1.82, 2.24) is 4.98 Å². The Balaban J connectivity index is 3.17. The van der Waals surface area contributed by atoms with Gasteiger partial charge in [0.25, 0.3) is 6.43 Å². The van der Waals surface area contributed by atoms with E-state index in [9.17, 15) is 22.4 Å². The molecular weight excluding hydrogens is 218 g/mol. The van der Waals surface area contributed by atoms with Crippen LogP contribution in [0.2, 0.25) is 0 Å². The van der Waals surface area contributed by atoms with E-state index in [-0.39, 0.29) is 0 Å². The molecule has 0 aliphatic heterocycles. The summed E-state index contributed by atoms with van der Waals surface area (Å²) < 4.78 is 49.6. The zero-order valence-electron chi connectivity index (χ0n) is 7.18. The first-order valence-corrected chi connectivity index (χ1v) is 3.76. The summed E-state index contributed by atoms with van der Waals surface area (Å²) in [5.41, 5.74) is -1.82. The van der Waals surface area contributed by atoms with Gasteiger partial charge in [0.05, 0.1) is 12.1 Å². The average Bonchev–Trinajstić information content (AvgIpc) is 2.09. The number of carbonyl (C=O) groups is 1. The fourth-order valence-corrected chi connectivity index (χ4v) is 0.958. The van der Waals surface area contributed by atoms with Gasteiger partial charge in [0.1, 0.15) is 5.69 Å². The highest BCUT2D eigenvalue weighted by atomic mass is 19.3. The fourth-order valence-electron chi connectivity index (χ4n) is 0.958. The molecule has 1 aromatic rings. The minimum absolute atomic E-state index is 0.448. The third-order valence-electron chi connectivity index (χ3n) is 1.53. The molecule has 1 N–H and O–H groups in total. The molecule has 0 aromatic carbocycles. The van der Waals surface area contributed by atoms with Crippen molar-refractivity contribution in [2.75, 3.05) is 0 Å². The molecule has 0 saturated heterocycles. The van der Waals surface area contributed by atoms with Crippen LogP contribution in [0.5, 0.6) is 0 Å². The molecule has 1 rings (SSSR count). The van der Waals surface area contributed by atoms with Crippen LogP contribution in [0, 0.1) is 11.6 Å². The van der Waals surface area contributed by atoms with Gasteiger partial charge in [-0.15, -0.1) is 0 Å². The number of aromatic nitrogens is 1. The molecule has 3 nitrogen and oxygen atoms in total. The van der Waals surface area contributed by atoms with Gasteiger partial charge in [-0.3, -0.25) is 4.79 Å². The highest BCUT2D eigenvalue weighted by molar-refractivity contribution is 5.69. The number of hydrogen-bond donors (Lipinski definition) is 1. The van der Waals surface area contributed by atoms with E-state index in [0.717, 1.165) is 0 Å². The summed E-state index contributed by atoms with van der Waals surface area (Å²) in [4.78, 5) is 13.2. The van der Waals surface area contributed by atoms with Gasteiger partial charge in [0.15, 0.2) is 11.6 Å². The third-order valence-corrected chi connectivity index (χ3v) is 1.53. The monoisotopic (exact) mass is 223 g/mol. The van der Waals surface area contributed by atoms with Crippen molar-refractivity contribution in [1.29, 1.82) is 0 Å². The van der Waals surface area contributed by atoms with Crippen LogP contribution in [0.1, 0.15) is 17.8 Å². The van der Waals surface area contributed by atoms with Gasteiger partial charge >= 0.3 is 5.97 Å². The second-order valence-electron chi connectivity index (χ2n) is 2.67. The number of hydrogen-bond acceptors (Lipinski definition) is 2. The lowest BCUT2D eigenvalue weighted by Gasteiger charge is -2.04. The maximum absolute atomic E-state index is 12.7. The van der Waals surface area contributed by atoms with Gasteiger partial charge in [-0.05, 0) is 6.07 Å². The molecule has 15 heavy (non-hydrogen) atoms. The Kier molecular flexibility index (Phi) is 3.23. The predicted molar refractivity (Wildman–Crippen MR) is 40.4 cm³/mol. The van der Waals surface area contributed by atoms with Crippen molar-refractivity contribution in [3.63, 3.8) is 0 Å². The molecule has 0 bridgehead atoms. The van der Waals surface area contributed by atoms with Crippen molar-refractivity contribution in [2.24, 2.45) is 0 Å². The minimum Gasteiger partial charge on any atom is -0.481 e. The molecule has 0 aliphatic rings. The Bertz CT molecular complexity index is 394. The number of pyridine rings is 1. The Labute approximate surface area is 81.4 Å². The molecule has 7 heteroatoms.